The summed E-state index contributed by atoms with van der Waals surface area (Å²) in [5, 5.41) is 0. The molecule has 112 valence electrons. The molecule has 1 heterocycles. The van der Waals surface area contributed by atoms with E-state index in [1.807, 2.05) is 7.11 Å². The van der Waals surface area contributed by atoms with Crippen molar-refractivity contribution in [1.29, 1.82) is 0 Å². The third-order valence-corrected chi connectivity index (χ3v) is 5.20. The van der Waals surface area contributed by atoms with Crippen molar-refractivity contribution in [1.82, 2.24) is 9.80 Å². The monoisotopic (exact) mass is 268 g/mol. The van der Waals surface area contributed by atoms with E-state index in [-0.39, 0.29) is 0 Å². The summed E-state index contributed by atoms with van der Waals surface area (Å²) in [6, 6.07) is 0.604. The van der Waals surface area contributed by atoms with Gasteiger partial charge in [-0.3, -0.25) is 4.90 Å². The number of piperazine rings is 1. The van der Waals surface area contributed by atoms with E-state index < -0.39 is 0 Å². The van der Waals surface area contributed by atoms with Gasteiger partial charge in [-0.2, -0.15) is 0 Å². The van der Waals surface area contributed by atoms with Crippen molar-refractivity contribution in [3.63, 3.8) is 0 Å². The topological polar surface area (TPSA) is 15.7 Å². The Morgan fingerprint density at radius 2 is 1.74 bits per heavy atom. The minimum Gasteiger partial charge on any atom is -0.383 e. The summed E-state index contributed by atoms with van der Waals surface area (Å²) in [4.78, 5) is 5.13. The molecule has 0 aromatic carbocycles. The predicted molar refractivity (Wildman–Crippen MR) is 80.5 cm³/mol. The van der Waals surface area contributed by atoms with E-state index in [4.69, 9.17) is 4.74 Å². The molecule has 2 aliphatic rings. The number of likely N-dealkylation sites (N-methyl/N-ethyl adjacent to an activating group) is 1. The zero-order valence-electron chi connectivity index (χ0n) is 13.1. The van der Waals surface area contributed by atoms with Crippen molar-refractivity contribution in [3.8, 4) is 0 Å². The van der Waals surface area contributed by atoms with Crippen molar-refractivity contribution < 1.29 is 4.74 Å². The van der Waals surface area contributed by atoms with Crippen LogP contribution in [-0.2, 0) is 4.74 Å². The smallest absolute Gasteiger partial charge is 0.0630 e. The van der Waals surface area contributed by atoms with Crippen LogP contribution in [-0.4, -0.2) is 62.8 Å². The zero-order chi connectivity index (χ0) is 13.7. The Morgan fingerprint density at radius 1 is 1.05 bits per heavy atom. The van der Waals surface area contributed by atoms with Crippen molar-refractivity contribution in [2.45, 2.75) is 45.1 Å². The molecular weight excluding hydrogens is 236 g/mol. The van der Waals surface area contributed by atoms with Crippen LogP contribution in [0.1, 0.15) is 39.0 Å². The fourth-order valence-electron chi connectivity index (χ4n) is 3.79. The van der Waals surface area contributed by atoms with Gasteiger partial charge in [-0.25, -0.2) is 0 Å². The van der Waals surface area contributed by atoms with Gasteiger partial charge in [0.2, 0.25) is 0 Å². The van der Waals surface area contributed by atoms with Gasteiger partial charge in [-0.1, -0.05) is 26.2 Å². The number of rotatable bonds is 5. The summed E-state index contributed by atoms with van der Waals surface area (Å²) >= 11 is 0. The molecule has 0 aromatic rings. The highest BCUT2D eigenvalue weighted by Gasteiger charge is 2.28. The first-order valence-electron chi connectivity index (χ1n) is 8.14. The van der Waals surface area contributed by atoms with Gasteiger partial charge in [0, 0.05) is 39.3 Å². The second-order valence-corrected chi connectivity index (χ2v) is 6.66. The van der Waals surface area contributed by atoms with E-state index in [1.165, 1.54) is 51.7 Å². The molecule has 0 aromatic heterocycles. The summed E-state index contributed by atoms with van der Waals surface area (Å²) in [5.74, 6) is 1.95. The normalized spacial score (nSPS) is 34.6. The van der Waals surface area contributed by atoms with Gasteiger partial charge >= 0.3 is 0 Å². The van der Waals surface area contributed by atoms with E-state index in [2.05, 4.69) is 23.8 Å². The van der Waals surface area contributed by atoms with E-state index in [0.29, 0.717) is 6.04 Å². The molecule has 3 nitrogen and oxygen atoms in total. The first-order valence-corrected chi connectivity index (χ1v) is 8.14. The second-order valence-electron chi connectivity index (χ2n) is 6.66. The van der Waals surface area contributed by atoms with Gasteiger partial charge in [-0.05, 0) is 31.7 Å². The van der Waals surface area contributed by atoms with E-state index in [9.17, 15) is 0 Å². The molecule has 1 atom stereocenters. The third-order valence-electron chi connectivity index (χ3n) is 5.20. The standard InChI is InChI=1S/C16H32N2O/c1-4-14-5-7-15(8-6-14)11-18-10-9-17(2)12-16(18)13-19-3/h14-16H,4-13H2,1-3H3/t14?,15?,16-/m1/s1. The zero-order valence-corrected chi connectivity index (χ0v) is 13.1. The lowest BCUT2D eigenvalue weighted by atomic mass is 9.80. The van der Waals surface area contributed by atoms with Crippen LogP contribution in [0.5, 0.6) is 0 Å². The number of nitrogens with zero attached hydrogens (tertiary/aromatic N) is 2. The van der Waals surface area contributed by atoms with Gasteiger partial charge < -0.3 is 9.64 Å². The van der Waals surface area contributed by atoms with Gasteiger partial charge in [0.25, 0.3) is 0 Å². The largest absolute Gasteiger partial charge is 0.383 e. The number of hydrogen-bond acceptors (Lipinski definition) is 3. The molecule has 0 bridgehead atoms. The maximum Gasteiger partial charge on any atom is 0.0630 e. The van der Waals surface area contributed by atoms with E-state index in [1.54, 1.807) is 0 Å². The quantitative estimate of drug-likeness (QED) is 0.762. The van der Waals surface area contributed by atoms with E-state index in [0.717, 1.165) is 25.0 Å². The maximum atomic E-state index is 5.42. The summed E-state index contributed by atoms with van der Waals surface area (Å²) in [6.45, 7) is 8.13. The Labute approximate surface area is 119 Å². The minimum absolute atomic E-state index is 0.604. The maximum absolute atomic E-state index is 5.42. The molecule has 0 spiro atoms. The molecule has 3 heteroatoms. The van der Waals surface area contributed by atoms with Crippen molar-refractivity contribution >= 4 is 0 Å². The molecule has 1 saturated carbocycles. The Morgan fingerprint density at radius 3 is 2.37 bits per heavy atom. The highest BCUT2D eigenvalue weighted by molar-refractivity contribution is 4.83. The molecule has 2 fully saturated rings. The van der Waals surface area contributed by atoms with Crippen molar-refractivity contribution in [2.75, 3.05) is 46.9 Å². The van der Waals surface area contributed by atoms with Gasteiger partial charge in [0.05, 0.1) is 6.61 Å². The van der Waals surface area contributed by atoms with Crippen LogP contribution in [0.25, 0.3) is 0 Å². The molecular formula is C16H32N2O. The fourth-order valence-corrected chi connectivity index (χ4v) is 3.79. The summed E-state index contributed by atoms with van der Waals surface area (Å²) in [5.41, 5.74) is 0. The Bertz CT molecular complexity index is 251. The molecule has 0 unspecified atom stereocenters. The average molecular weight is 268 g/mol. The average Bonchev–Trinajstić information content (AvgIpc) is 2.43. The van der Waals surface area contributed by atoms with Crippen LogP contribution in [0.4, 0.5) is 0 Å². The number of methoxy groups -OCH3 is 1. The Hall–Kier alpha value is -0.120. The minimum atomic E-state index is 0.604. The molecule has 2 rings (SSSR count). The van der Waals surface area contributed by atoms with Crippen molar-refractivity contribution in [3.05, 3.63) is 0 Å². The summed E-state index contributed by atoms with van der Waals surface area (Å²) in [7, 11) is 4.06. The molecule has 1 aliphatic heterocycles. The van der Waals surface area contributed by atoms with Crippen LogP contribution >= 0.6 is 0 Å². The van der Waals surface area contributed by atoms with Crippen LogP contribution in [0.2, 0.25) is 0 Å². The predicted octanol–water partition coefficient (Wildman–Crippen LogP) is 2.47. The lowest BCUT2D eigenvalue weighted by Crippen LogP contribution is -2.54. The molecule has 1 aliphatic carbocycles. The number of ether oxygens (including phenoxy) is 1. The number of hydrogen-bond donors (Lipinski definition) is 0. The van der Waals surface area contributed by atoms with Gasteiger partial charge in [-0.15, -0.1) is 0 Å². The van der Waals surface area contributed by atoms with Crippen molar-refractivity contribution in [2.24, 2.45) is 11.8 Å². The first-order chi connectivity index (χ1) is 9.22. The van der Waals surface area contributed by atoms with Crippen LogP contribution in [0.15, 0.2) is 0 Å². The molecule has 1 saturated heterocycles. The van der Waals surface area contributed by atoms with Crippen LogP contribution in [0, 0.1) is 11.8 Å². The SMILES string of the molecule is CCC1CCC(CN2CCN(C)C[C@@H]2COC)CC1. The Kier molecular flexibility index (Phi) is 6.11. The molecule has 19 heavy (non-hydrogen) atoms. The van der Waals surface area contributed by atoms with Crippen LogP contribution < -0.4 is 0 Å². The highest BCUT2D eigenvalue weighted by atomic mass is 16.5. The highest BCUT2D eigenvalue weighted by Crippen LogP contribution is 2.31. The lowest BCUT2D eigenvalue weighted by molar-refractivity contribution is 0.0201. The first kappa shape index (κ1) is 15.3. The summed E-state index contributed by atoms with van der Waals surface area (Å²) < 4.78 is 5.42. The van der Waals surface area contributed by atoms with Crippen LogP contribution in [0.3, 0.4) is 0 Å². The molecule has 0 radical (unpaired) electrons. The fraction of sp³-hybridized carbons (Fsp3) is 1.00. The Balaban J connectivity index is 1.80. The molecule has 0 amide bonds. The van der Waals surface area contributed by atoms with E-state index >= 15 is 0 Å². The van der Waals surface area contributed by atoms with Gasteiger partial charge in [0.15, 0.2) is 0 Å². The second kappa shape index (κ2) is 7.61. The van der Waals surface area contributed by atoms with Gasteiger partial charge in [0.1, 0.15) is 0 Å². The summed E-state index contributed by atoms with van der Waals surface area (Å²) in [6.07, 6.45) is 7.20. The third kappa shape index (κ3) is 4.44. The molecule has 0 N–H and O–H groups in total. The lowest BCUT2D eigenvalue weighted by Gasteiger charge is -2.42.